The summed E-state index contributed by atoms with van der Waals surface area (Å²) in [6.07, 6.45) is 2.03. The average Bonchev–Trinajstić information content (AvgIpc) is 2.96. The van der Waals surface area contributed by atoms with E-state index < -0.39 is 0 Å². The maximum absolute atomic E-state index is 13.5. The van der Waals surface area contributed by atoms with Crippen LogP contribution in [0.25, 0.3) is 5.57 Å². The number of carbonyl (C=O) groups is 2. The van der Waals surface area contributed by atoms with Crippen LogP contribution in [-0.2, 0) is 9.59 Å². The van der Waals surface area contributed by atoms with Gasteiger partial charge in [-0.3, -0.25) is 9.59 Å². The fourth-order valence-corrected chi connectivity index (χ4v) is 4.14. The number of benzene rings is 2. The van der Waals surface area contributed by atoms with E-state index in [1.165, 1.54) is 4.90 Å². The summed E-state index contributed by atoms with van der Waals surface area (Å²) in [5.74, 6) is 0.0921. The van der Waals surface area contributed by atoms with Crippen LogP contribution in [0.4, 0.5) is 5.69 Å². The summed E-state index contributed by atoms with van der Waals surface area (Å²) in [5.41, 5.74) is 3.06. The molecule has 2 aromatic rings. The molecule has 144 valence electrons. The summed E-state index contributed by atoms with van der Waals surface area (Å²) in [6, 6.07) is 14.8. The minimum atomic E-state index is -0.282. The number of piperidine rings is 1. The predicted molar refractivity (Wildman–Crippen MR) is 112 cm³/mol. The Morgan fingerprint density at radius 1 is 0.929 bits per heavy atom. The SMILES string of the molecule is Cc1c(Cl)cccc1N1C(=O)C(c2ccccc2)=C(N2CCC(C)CC2)C1=O. The third-order valence-corrected chi connectivity index (χ3v) is 6.11. The molecular weight excluding hydrogens is 372 g/mol. The van der Waals surface area contributed by atoms with E-state index in [1.54, 1.807) is 18.2 Å². The smallest absolute Gasteiger partial charge is 0.282 e. The van der Waals surface area contributed by atoms with Crippen LogP contribution in [0.1, 0.15) is 30.9 Å². The number of carbonyl (C=O) groups excluding carboxylic acids is 2. The molecule has 0 aliphatic carbocycles. The van der Waals surface area contributed by atoms with Gasteiger partial charge in [0, 0.05) is 18.1 Å². The molecule has 0 N–H and O–H groups in total. The van der Waals surface area contributed by atoms with Crippen molar-refractivity contribution in [1.29, 1.82) is 0 Å². The van der Waals surface area contributed by atoms with Crippen LogP contribution in [0.3, 0.4) is 0 Å². The third kappa shape index (κ3) is 3.12. The van der Waals surface area contributed by atoms with Crippen molar-refractivity contribution in [3.63, 3.8) is 0 Å². The molecule has 4 rings (SSSR count). The second-order valence-corrected chi connectivity index (χ2v) is 8.00. The van der Waals surface area contributed by atoms with Gasteiger partial charge in [0.25, 0.3) is 11.8 Å². The van der Waals surface area contributed by atoms with Gasteiger partial charge >= 0.3 is 0 Å². The zero-order valence-electron chi connectivity index (χ0n) is 16.1. The maximum Gasteiger partial charge on any atom is 0.282 e. The first kappa shape index (κ1) is 18.8. The van der Waals surface area contributed by atoms with Crippen LogP contribution in [-0.4, -0.2) is 29.8 Å². The van der Waals surface area contributed by atoms with Crippen LogP contribution < -0.4 is 4.90 Å². The zero-order valence-corrected chi connectivity index (χ0v) is 16.9. The fourth-order valence-electron chi connectivity index (χ4n) is 3.97. The monoisotopic (exact) mass is 394 g/mol. The van der Waals surface area contributed by atoms with E-state index in [4.69, 9.17) is 11.6 Å². The number of imide groups is 1. The van der Waals surface area contributed by atoms with Crippen molar-refractivity contribution < 1.29 is 9.59 Å². The number of likely N-dealkylation sites (tertiary alicyclic amines) is 1. The molecule has 2 heterocycles. The molecule has 0 atom stereocenters. The number of nitrogens with zero attached hydrogens (tertiary/aromatic N) is 2. The van der Waals surface area contributed by atoms with Crippen molar-refractivity contribution in [2.24, 2.45) is 5.92 Å². The molecule has 0 unspecified atom stereocenters. The summed E-state index contributed by atoms with van der Waals surface area (Å²) in [6.45, 7) is 5.64. The normalized spacial score (nSPS) is 18.4. The molecule has 5 heteroatoms. The van der Waals surface area contributed by atoms with Crippen LogP contribution in [0.5, 0.6) is 0 Å². The van der Waals surface area contributed by atoms with Crippen molar-refractivity contribution in [3.05, 3.63) is 70.4 Å². The molecule has 0 spiro atoms. The highest BCUT2D eigenvalue weighted by Crippen LogP contribution is 2.38. The molecule has 1 fully saturated rings. The fraction of sp³-hybridized carbons (Fsp3) is 0.304. The lowest BCUT2D eigenvalue weighted by atomic mass is 9.97. The third-order valence-electron chi connectivity index (χ3n) is 5.70. The lowest BCUT2D eigenvalue weighted by molar-refractivity contribution is -0.120. The van der Waals surface area contributed by atoms with Crippen molar-refractivity contribution in [3.8, 4) is 0 Å². The van der Waals surface area contributed by atoms with E-state index in [1.807, 2.05) is 37.3 Å². The molecular formula is C23H23ClN2O2. The van der Waals surface area contributed by atoms with Gasteiger partial charge in [0.1, 0.15) is 5.70 Å². The topological polar surface area (TPSA) is 40.6 Å². The van der Waals surface area contributed by atoms with Gasteiger partial charge in [0.05, 0.1) is 11.3 Å². The lowest BCUT2D eigenvalue weighted by Crippen LogP contribution is -2.38. The molecule has 0 saturated carbocycles. The van der Waals surface area contributed by atoms with Gasteiger partial charge in [0.2, 0.25) is 0 Å². The molecule has 2 aliphatic heterocycles. The Balaban J connectivity index is 1.83. The maximum atomic E-state index is 13.5. The largest absolute Gasteiger partial charge is 0.366 e. The first-order valence-electron chi connectivity index (χ1n) is 9.67. The Morgan fingerprint density at radius 2 is 1.61 bits per heavy atom. The quantitative estimate of drug-likeness (QED) is 0.710. The van der Waals surface area contributed by atoms with Gasteiger partial charge < -0.3 is 4.90 Å². The summed E-state index contributed by atoms with van der Waals surface area (Å²) < 4.78 is 0. The van der Waals surface area contributed by atoms with Gasteiger partial charge in [-0.25, -0.2) is 4.90 Å². The van der Waals surface area contributed by atoms with Gasteiger partial charge in [-0.1, -0.05) is 54.9 Å². The Hall–Kier alpha value is -2.59. The van der Waals surface area contributed by atoms with Crippen molar-refractivity contribution in [2.75, 3.05) is 18.0 Å². The molecule has 28 heavy (non-hydrogen) atoms. The second kappa shape index (κ2) is 7.44. The highest BCUT2D eigenvalue weighted by Gasteiger charge is 2.43. The van der Waals surface area contributed by atoms with E-state index in [-0.39, 0.29) is 11.8 Å². The summed E-state index contributed by atoms with van der Waals surface area (Å²) in [7, 11) is 0. The van der Waals surface area contributed by atoms with E-state index in [2.05, 4.69) is 11.8 Å². The van der Waals surface area contributed by atoms with Crippen molar-refractivity contribution >= 4 is 34.7 Å². The Labute approximate surface area is 170 Å². The van der Waals surface area contributed by atoms with E-state index in [9.17, 15) is 9.59 Å². The highest BCUT2D eigenvalue weighted by atomic mass is 35.5. The molecule has 2 aromatic carbocycles. The van der Waals surface area contributed by atoms with Crippen molar-refractivity contribution in [2.45, 2.75) is 26.7 Å². The predicted octanol–water partition coefficient (Wildman–Crippen LogP) is 4.66. The summed E-state index contributed by atoms with van der Waals surface area (Å²) in [5, 5.41) is 0.541. The average molecular weight is 395 g/mol. The van der Waals surface area contributed by atoms with E-state index in [0.29, 0.717) is 27.9 Å². The number of halogens is 1. The molecule has 0 aromatic heterocycles. The zero-order chi connectivity index (χ0) is 19.8. The highest BCUT2D eigenvalue weighted by molar-refractivity contribution is 6.46. The first-order chi connectivity index (χ1) is 13.5. The number of hydrogen-bond acceptors (Lipinski definition) is 3. The van der Waals surface area contributed by atoms with Gasteiger partial charge in [0.15, 0.2) is 0 Å². The number of amides is 2. The number of hydrogen-bond donors (Lipinski definition) is 0. The van der Waals surface area contributed by atoms with Gasteiger partial charge in [-0.05, 0) is 48.9 Å². The van der Waals surface area contributed by atoms with Crippen LogP contribution in [0.2, 0.25) is 5.02 Å². The Bertz CT molecular complexity index is 960. The molecule has 2 aliphatic rings. The van der Waals surface area contributed by atoms with Gasteiger partial charge in [-0.2, -0.15) is 0 Å². The first-order valence-corrected chi connectivity index (χ1v) is 10.1. The lowest BCUT2D eigenvalue weighted by Gasteiger charge is -2.32. The molecule has 0 radical (unpaired) electrons. The molecule has 4 nitrogen and oxygen atoms in total. The number of anilines is 1. The molecule has 1 saturated heterocycles. The van der Waals surface area contributed by atoms with Gasteiger partial charge in [-0.15, -0.1) is 0 Å². The standard InChI is InChI=1S/C23H23ClN2O2/c1-15-11-13-25(14-12-15)21-20(17-7-4-3-5-8-17)22(27)26(23(21)28)19-10-6-9-18(24)16(19)2/h3-10,15H,11-14H2,1-2H3. The van der Waals surface area contributed by atoms with E-state index in [0.717, 1.165) is 37.1 Å². The van der Waals surface area contributed by atoms with Crippen LogP contribution in [0, 0.1) is 12.8 Å². The van der Waals surface area contributed by atoms with Crippen molar-refractivity contribution in [1.82, 2.24) is 4.90 Å². The summed E-state index contributed by atoms with van der Waals surface area (Å²) >= 11 is 6.27. The minimum absolute atomic E-state index is 0.260. The van der Waals surface area contributed by atoms with Crippen LogP contribution in [0.15, 0.2) is 54.2 Å². The summed E-state index contributed by atoms with van der Waals surface area (Å²) in [4.78, 5) is 30.4. The number of rotatable bonds is 3. The second-order valence-electron chi connectivity index (χ2n) is 7.59. The minimum Gasteiger partial charge on any atom is -0.366 e. The van der Waals surface area contributed by atoms with E-state index >= 15 is 0 Å². The Kier molecular flexibility index (Phi) is 4.98. The molecule has 0 bridgehead atoms. The molecule has 2 amide bonds. The Morgan fingerprint density at radius 3 is 2.29 bits per heavy atom. The van der Waals surface area contributed by atoms with Crippen LogP contribution >= 0.6 is 11.6 Å².